The maximum absolute atomic E-state index is 12.0. The molecule has 1 fully saturated rings. The molecule has 1 aliphatic rings. The molecule has 1 unspecified atom stereocenters. The van der Waals surface area contributed by atoms with Crippen LogP contribution in [0.25, 0.3) is 0 Å². The normalized spacial score (nSPS) is 24.9. The van der Waals surface area contributed by atoms with E-state index in [1.165, 1.54) is 0 Å². The van der Waals surface area contributed by atoms with Gasteiger partial charge in [0.1, 0.15) is 17.8 Å². The summed E-state index contributed by atoms with van der Waals surface area (Å²) >= 11 is 0. The SMILES string of the molecule is COc1ccccc1C1[C@@H](C=O)[C@H](c2ccccc2OC)[C@@H]1C(=O)O. The Morgan fingerprint density at radius 2 is 1.36 bits per heavy atom. The first-order valence-corrected chi connectivity index (χ1v) is 8.08. The fourth-order valence-corrected chi connectivity index (χ4v) is 3.94. The van der Waals surface area contributed by atoms with E-state index in [0.29, 0.717) is 11.5 Å². The Labute approximate surface area is 146 Å². The monoisotopic (exact) mass is 340 g/mol. The number of rotatable bonds is 6. The van der Waals surface area contributed by atoms with Crippen molar-refractivity contribution in [3.8, 4) is 11.5 Å². The quantitative estimate of drug-likeness (QED) is 0.818. The highest BCUT2D eigenvalue weighted by molar-refractivity contribution is 5.80. The van der Waals surface area contributed by atoms with Gasteiger partial charge in [0.2, 0.25) is 0 Å². The number of aldehydes is 1. The number of ether oxygens (including phenoxy) is 2. The average molecular weight is 340 g/mol. The van der Waals surface area contributed by atoms with Crippen LogP contribution in [0.4, 0.5) is 0 Å². The summed E-state index contributed by atoms with van der Waals surface area (Å²) in [6.45, 7) is 0. The van der Waals surface area contributed by atoms with E-state index in [2.05, 4.69) is 0 Å². The summed E-state index contributed by atoms with van der Waals surface area (Å²) in [7, 11) is 3.09. The molecular weight excluding hydrogens is 320 g/mol. The molecule has 5 nitrogen and oxygen atoms in total. The zero-order chi connectivity index (χ0) is 18.0. The third-order valence-electron chi connectivity index (χ3n) is 5.04. The van der Waals surface area contributed by atoms with Crippen molar-refractivity contribution in [2.24, 2.45) is 11.8 Å². The van der Waals surface area contributed by atoms with Gasteiger partial charge in [-0.25, -0.2) is 0 Å². The van der Waals surface area contributed by atoms with Crippen LogP contribution in [0.2, 0.25) is 0 Å². The Kier molecular flexibility index (Phi) is 4.74. The van der Waals surface area contributed by atoms with Gasteiger partial charge in [0.15, 0.2) is 0 Å². The molecule has 1 saturated carbocycles. The Morgan fingerprint density at radius 3 is 1.72 bits per heavy atom. The van der Waals surface area contributed by atoms with Crippen molar-refractivity contribution in [2.75, 3.05) is 14.2 Å². The number of methoxy groups -OCH3 is 2. The summed E-state index contributed by atoms with van der Waals surface area (Å²) in [6, 6.07) is 14.5. The van der Waals surface area contributed by atoms with Crippen molar-refractivity contribution in [3.63, 3.8) is 0 Å². The molecule has 0 spiro atoms. The lowest BCUT2D eigenvalue weighted by Crippen LogP contribution is -2.48. The lowest BCUT2D eigenvalue weighted by Gasteiger charge is -2.48. The molecule has 0 aliphatic heterocycles. The first kappa shape index (κ1) is 17.0. The number of hydrogen-bond acceptors (Lipinski definition) is 4. The molecule has 0 radical (unpaired) electrons. The fraction of sp³-hybridized carbons (Fsp3) is 0.300. The molecule has 3 rings (SSSR count). The van der Waals surface area contributed by atoms with Crippen LogP contribution in [0.3, 0.4) is 0 Å². The van der Waals surface area contributed by atoms with Crippen LogP contribution in [-0.2, 0) is 9.59 Å². The third-order valence-corrected chi connectivity index (χ3v) is 5.04. The minimum Gasteiger partial charge on any atom is -0.496 e. The molecule has 0 amide bonds. The summed E-state index contributed by atoms with van der Waals surface area (Å²) in [5, 5.41) is 9.84. The summed E-state index contributed by atoms with van der Waals surface area (Å²) in [4.78, 5) is 23.9. The molecule has 0 heterocycles. The second-order valence-corrected chi connectivity index (χ2v) is 6.11. The average Bonchev–Trinajstić information content (AvgIpc) is 2.61. The highest BCUT2D eigenvalue weighted by Gasteiger charge is 2.56. The highest BCUT2D eigenvalue weighted by Crippen LogP contribution is 2.59. The van der Waals surface area contributed by atoms with Gasteiger partial charge in [-0.2, -0.15) is 0 Å². The van der Waals surface area contributed by atoms with Crippen LogP contribution in [0.1, 0.15) is 23.0 Å². The lowest BCUT2D eigenvalue weighted by atomic mass is 9.53. The summed E-state index contributed by atoms with van der Waals surface area (Å²) < 4.78 is 10.8. The Morgan fingerprint density at radius 1 is 0.920 bits per heavy atom. The van der Waals surface area contributed by atoms with E-state index in [0.717, 1.165) is 17.4 Å². The summed E-state index contributed by atoms with van der Waals surface area (Å²) in [5.74, 6) is -1.75. The number of carbonyl (C=O) groups is 2. The number of carbonyl (C=O) groups excluding carboxylic acids is 1. The van der Waals surface area contributed by atoms with Gasteiger partial charge in [-0.05, 0) is 23.3 Å². The second kappa shape index (κ2) is 6.97. The number of benzene rings is 2. The highest BCUT2D eigenvalue weighted by atomic mass is 16.5. The van der Waals surface area contributed by atoms with Crippen LogP contribution >= 0.6 is 0 Å². The smallest absolute Gasteiger partial charge is 0.307 e. The molecule has 0 saturated heterocycles. The summed E-state index contributed by atoms with van der Waals surface area (Å²) in [6.07, 6.45) is 0.855. The molecular formula is C20H20O5. The molecule has 4 atom stereocenters. The van der Waals surface area contributed by atoms with Gasteiger partial charge >= 0.3 is 5.97 Å². The maximum atomic E-state index is 12.0. The minimum absolute atomic E-state index is 0.430. The van der Waals surface area contributed by atoms with Crippen LogP contribution in [0.5, 0.6) is 11.5 Å². The molecule has 2 aromatic rings. The molecule has 130 valence electrons. The first-order chi connectivity index (χ1) is 12.1. The van der Waals surface area contributed by atoms with E-state index in [1.807, 2.05) is 36.4 Å². The van der Waals surface area contributed by atoms with Crippen molar-refractivity contribution >= 4 is 12.3 Å². The van der Waals surface area contributed by atoms with E-state index < -0.39 is 29.6 Å². The molecule has 2 aromatic carbocycles. The molecule has 5 heteroatoms. The number of carboxylic acids is 1. The van der Waals surface area contributed by atoms with Crippen LogP contribution in [0, 0.1) is 11.8 Å². The van der Waals surface area contributed by atoms with E-state index >= 15 is 0 Å². The Balaban J connectivity index is 2.08. The van der Waals surface area contributed by atoms with E-state index in [-0.39, 0.29) is 0 Å². The van der Waals surface area contributed by atoms with Gasteiger partial charge in [0.25, 0.3) is 0 Å². The number of aliphatic carboxylic acids is 1. The van der Waals surface area contributed by atoms with Gasteiger partial charge in [0, 0.05) is 17.8 Å². The third kappa shape index (κ3) is 2.76. The minimum atomic E-state index is -0.926. The zero-order valence-corrected chi connectivity index (χ0v) is 14.1. The first-order valence-electron chi connectivity index (χ1n) is 8.08. The van der Waals surface area contributed by atoms with Crippen molar-refractivity contribution in [3.05, 3.63) is 59.7 Å². The van der Waals surface area contributed by atoms with E-state index in [1.54, 1.807) is 26.4 Å². The Hall–Kier alpha value is -2.82. The fourth-order valence-electron chi connectivity index (χ4n) is 3.94. The van der Waals surface area contributed by atoms with Crippen molar-refractivity contribution < 1.29 is 24.2 Å². The van der Waals surface area contributed by atoms with Gasteiger partial charge in [-0.15, -0.1) is 0 Å². The molecule has 25 heavy (non-hydrogen) atoms. The molecule has 1 N–H and O–H groups in total. The summed E-state index contributed by atoms with van der Waals surface area (Å²) in [5.41, 5.74) is 1.50. The van der Waals surface area contributed by atoms with Crippen molar-refractivity contribution in [1.82, 2.24) is 0 Å². The molecule has 0 bridgehead atoms. The maximum Gasteiger partial charge on any atom is 0.307 e. The second-order valence-electron chi connectivity index (χ2n) is 6.11. The Bertz CT molecular complexity index is 730. The van der Waals surface area contributed by atoms with E-state index in [9.17, 15) is 14.7 Å². The number of para-hydroxylation sites is 2. The van der Waals surface area contributed by atoms with Crippen LogP contribution < -0.4 is 9.47 Å². The van der Waals surface area contributed by atoms with Crippen molar-refractivity contribution in [1.29, 1.82) is 0 Å². The van der Waals surface area contributed by atoms with Gasteiger partial charge in [-0.1, -0.05) is 36.4 Å². The van der Waals surface area contributed by atoms with Gasteiger partial charge < -0.3 is 19.4 Å². The van der Waals surface area contributed by atoms with Gasteiger partial charge in [-0.3, -0.25) is 4.79 Å². The largest absolute Gasteiger partial charge is 0.496 e. The molecule has 0 aromatic heterocycles. The van der Waals surface area contributed by atoms with Crippen LogP contribution in [-0.4, -0.2) is 31.6 Å². The zero-order valence-electron chi connectivity index (χ0n) is 14.1. The predicted octanol–water partition coefficient (Wildman–Crippen LogP) is 3.10. The van der Waals surface area contributed by atoms with Crippen LogP contribution in [0.15, 0.2) is 48.5 Å². The van der Waals surface area contributed by atoms with Crippen molar-refractivity contribution in [2.45, 2.75) is 11.8 Å². The lowest BCUT2D eigenvalue weighted by molar-refractivity contribution is -0.150. The van der Waals surface area contributed by atoms with E-state index in [4.69, 9.17) is 9.47 Å². The standard InChI is InChI=1S/C20H20O5/c1-24-15-9-5-3-7-12(15)17-14(11-21)18(19(17)20(22)23)13-8-4-6-10-16(13)25-2/h3-11,14,17-19H,1-2H3,(H,22,23)/t14-,17-,18?,19-/m0/s1. The number of carboxylic acid groups (broad SMARTS) is 1. The topological polar surface area (TPSA) is 72.8 Å². The van der Waals surface area contributed by atoms with Gasteiger partial charge in [0.05, 0.1) is 20.1 Å². The molecule has 1 aliphatic carbocycles. The predicted molar refractivity (Wildman–Crippen MR) is 92.1 cm³/mol. The number of hydrogen-bond donors (Lipinski definition) is 1.